The van der Waals surface area contributed by atoms with Gasteiger partial charge in [0.05, 0.1) is 0 Å². The highest BCUT2D eigenvalue weighted by atomic mass is 16.6. The average molecular weight is 342 g/mol. The van der Waals surface area contributed by atoms with Crippen molar-refractivity contribution in [3.05, 3.63) is 47.6 Å². The molecule has 0 radical (unpaired) electrons. The van der Waals surface area contributed by atoms with Crippen molar-refractivity contribution in [1.82, 2.24) is 0 Å². The van der Waals surface area contributed by atoms with Crippen LogP contribution in [0, 0.1) is 5.92 Å². The monoisotopic (exact) mass is 342 g/mol. The molecular formula is C20H22O5. The van der Waals surface area contributed by atoms with Gasteiger partial charge in [0.25, 0.3) is 0 Å². The third kappa shape index (κ3) is 3.65. The highest BCUT2D eigenvalue weighted by Crippen LogP contribution is 2.34. The van der Waals surface area contributed by atoms with E-state index >= 15 is 0 Å². The van der Waals surface area contributed by atoms with Gasteiger partial charge in [0.2, 0.25) is 0 Å². The summed E-state index contributed by atoms with van der Waals surface area (Å²) in [5.74, 6) is -0.972. The Balaban J connectivity index is 1.87. The molecule has 0 aromatic heterocycles. The molecular weight excluding hydrogens is 320 g/mol. The second-order valence-electron chi connectivity index (χ2n) is 6.92. The Morgan fingerprint density at radius 3 is 2.52 bits per heavy atom. The molecule has 5 nitrogen and oxygen atoms in total. The maximum atomic E-state index is 12.2. The fourth-order valence-corrected chi connectivity index (χ4v) is 3.51. The Morgan fingerprint density at radius 2 is 1.76 bits per heavy atom. The number of allylic oxidation sites excluding steroid dienone is 1. The van der Waals surface area contributed by atoms with Crippen molar-refractivity contribution in [2.75, 3.05) is 0 Å². The first-order valence-corrected chi connectivity index (χ1v) is 8.55. The molecule has 2 heterocycles. The molecule has 0 spiro atoms. The van der Waals surface area contributed by atoms with Crippen LogP contribution in [-0.2, 0) is 23.9 Å². The Kier molecular flexibility index (Phi) is 4.75. The molecule has 25 heavy (non-hydrogen) atoms. The molecule has 132 valence electrons. The highest BCUT2D eigenvalue weighted by molar-refractivity contribution is 5.97. The second-order valence-corrected chi connectivity index (χ2v) is 6.92. The molecule has 5 heteroatoms. The zero-order chi connectivity index (χ0) is 18.1. The van der Waals surface area contributed by atoms with Gasteiger partial charge in [0.1, 0.15) is 12.2 Å². The van der Waals surface area contributed by atoms with Crippen LogP contribution in [0.1, 0.15) is 39.0 Å². The largest absolute Gasteiger partial charge is 0.454 e. The summed E-state index contributed by atoms with van der Waals surface area (Å²) in [7, 11) is 0. The van der Waals surface area contributed by atoms with Gasteiger partial charge in [0, 0.05) is 29.9 Å². The SMILES string of the molecule is C=C1CC[C@H]2C(=C)C(=O)O[C@@H]2C=C(C)C[C@H]2C=C(CCC1=O)C(=O)O2. The Bertz CT molecular complexity index is 724. The third-order valence-corrected chi connectivity index (χ3v) is 5.00. The minimum absolute atomic E-state index is 0.0617. The number of Topliss-reactive ketones (excluding diaryl/α,β-unsaturated/α-hetero) is 1. The quantitative estimate of drug-likeness (QED) is 0.384. The first-order chi connectivity index (χ1) is 11.8. The zero-order valence-corrected chi connectivity index (χ0v) is 14.4. The summed E-state index contributed by atoms with van der Waals surface area (Å²) in [5, 5.41) is 0. The fourth-order valence-electron chi connectivity index (χ4n) is 3.51. The van der Waals surface area contributed by atoms with Crippen LogP contribution in [-0.4, -0.2) is 29.9 Å². The summed E-state index contributed by atoms with van der Waals surface area (Å²) in [6.07, 6.45) is 5.19. The number of ether oxygens (including phenoxy) is 2. The lowest BCUT2D eigenvalue weighted by molar-refractivity contribution is -0.139. The van der Waals surface area contributed by atoms with E-state index < -0.39 is 12.1 Å². The first-order valence-electron chi connectivity index (χ1n) is 8.55. The summed E-state index contributed by atoms with van der Waals surface area (Å²) in [6, 6.07) is 0. The van der Waals surface area contributed by atoms with E-state index in [-0.39, 0.29) is 30.2 Å². The molecule has 1 saturated heterocycles. The van der Waals surface area contributed by atoms with Gasteiger partial charge in [-0.1, -0.05) is 18.7 Å². The number of carbonyl (C=O) groups is 3. The predicted molar refractivity (Wildman–Crippen MR) is 91.5 cm³/mol. The fraction of sp³-hybridized carbons (Fsp3) is 0.450. The van der Waals surface area contributed by atoms with Crippen LogP contribution < -0.4 is 0 Å². The molecule has 0 aromatic rings. The first kappa shape index (κ1) is 17.4. The van der Waals surface area contributed by atoms with E-state index in [9.17, 15) is 14.4 Å². The third-order valence-electron chi connectivity index (χ3n) is 5.00. The molecule has 0 aromatic carbocycles. The maximum Gasteiger partial charge on any atom is 0.334 e. The summed E-state index contributed by atoms with van der Waals surface area (Å²) in [6.45, 7) is 9.63. The minimum atomic E-state index is -0.397. The van der Waals surface area contributed by atoms with Crippen LogP contribution in [0.25, 0.3) is 0 Å². The number of carbonyl (C=O) groups excluding carboxylic acids is 3. The van der Waals surface area contributed by atoms with E-state index in [1.54, 1.807) is 6.08 Å². The van der Waals surface area contributed by atoms with E-state index in [4.69, 9.17) is 9.47 Å². The van der Waals surface area contributed by atoms with Crippen molar-refractivity contribution in [3.8, 4) is 0 Å². The molecule has 2 bridgehead atoms. The summed E-state index contributed by atoms with van der Waals surface area (Å²) >= 11 is 0. The standard InChI is InChI=1S/C20H22O5/c1-11-8-15-10-14(20(23)24-15)5-7-17(21)12(2)4-6-16-13(3)19(22)25-18(16)9-11/h9-10,15-16,18H,2-8H2,1H3/t15-,16-,18+/m0/s1. The van der Waals surface area contributed by atoms with Crippen LogP contribution >= 0.6 is 0 Å². The second kappa shape index (κ2) is 6.82. The number of fused-ring (bicyclic) bond motifs is 2. The Morgan fingerprint density at radius 1 is 1.00 bits per heavy atom. The van der Waals surface area contributed by atoms with E-state index in [0.29, 0.717) is 42.4 Å². The molecule has 1 fully saturated rings. The number of hydrogen-bond donors (Lipinski definition) is 0. The number of rotatable bonds is 0. The van der Waals surface area contributed by atoms with Crippen molar-refractivity contribution < 1.29 is 23.9 Å². The molecule has 0 unspecified atom stereocenters. The van der Waals surface area contributed by atoms with Gasteiger partial charge < -0.3 is 9.47 Å². The molecule has 0 saturated carbocycles. The molecule has 0 N–H and O–H groups in total. The van der Waals surface area contributed by atoms with Crippen LogP contribution in [0.4, 0.5) is 0 Å². The topological polar surface area (TPSA) is 69.7 Å². The van der Waals surface area contributed by atoms with Gasteiger partial charge in [-0.15, -0.1) is 0 Å². The number of esters is 2. The van der Waals surface area contributed by atoms with Crippen LogP contribution in [0.2, 0.25) is 0 Å². The van der Waals surface area contributed by atoms with Crippen LogP contribution in [0.3, 0.4) is 0 Å². The van der Waals surface area contributed by atoms with Gasteiger partial charge in [-0.2, -0.15) is 0 Å². The smallest absolute Gasteiger partial charge is 0.334 e. The lowest BCUT2D eigenvalue weighted by atomic mass is 9.88. The van der Waals surface area contributed by atoms with Crippen molar-refractivity contribution in [1.29, 1.82) is 0 Å². The van der Waals surface area contributed by atoms with Crippen molar-refractivity contribution >= 4 is 17.7 Å². The highest BCUT2D eigenvalue weighted by Gasteiger charge is 2.37. The van der Waals surface area contributed by atoms with E-state index in [0.717, 1.165) is 5.57 Å². The lowest BCUT2D eigenvalue weighted by Gasteiger charge is -2.17. The van der Waals surface area contributed by atoms with E-state index in [2.05, 4.69) is 13.2 Å². The van der Waals surface area contributed by atoms with Crippen molar-refractivity contribution in [3.63, 3.8) is 0 Å². The molecule has 2 aliphatic heterocycles. The predicted octanol–water partition coefficient (Wildman–Crippen LogP) is 2.97. The van der Waals surface area contributed by atoms with Gasteiger partial charge in [-0.25, -0.2) is 9.59 Å². The summed E-state index contributed by atoms with van der Waals surface area (Å²) in [5.41, 5.74) is 2.48. The maximum absolute atomic E-state index is 12.2. The molecule has 1 aliphatic carbocycles. The summed E-state index contributed by atoms with van der Waals surface area (Å²) < 4.78 is 10.8. The molecule has 3 aliphatic rings. The normalized spacial score (nSPS) is 30.9. The Hall–Kier alpha value is -2.43. The summed E-state index contributed by atoms with van der Waals surface area (Å²) in [4.78, 5) is 36.1. The van der Waals surface area contributed by atoms with E-state index in [1.807, 2.05) is 13.0 Å². The molecule has 3 atom stereocenters. The minimum Gasteiger partial charge on any atom is -0.454 e. The number of hydrogen-bond acceptors (Lipinski definition) is 5. The van der Waals surface area contributed by atoms with Gasteiger partial charge >= 0.3 is 11.9 Å². The lowest BCUT2D eigenvalue weighted by Crippen LogP contribution is -2.16. The van der Waals surface area contributed by atoms with Gasteiger partial charge in [-0.05, 0) is 43.9 Å². The van der Waals surface area contributed by atoms with Crippen LogP contribution in [0.15, 0.2) is 47.6 Å². The van der Waals surface area contributed by atoms with Gasteiger partial charge in [-0.3, -0.25) is 4.79 Å². The van der Waals surface area contributed by atoms with E-state index in [1.165, 1.54) is 0 Å². The van der Waals surface area contributed by atoms with Crippen molar-refractivity contribution in [2.45, 2.75) is 51.2 Å². The number of ketones is 1. The van der Waals surface area contributed by atoms with Crippen LogP contribution in [0.5, 0.6) is 0 Å². The Labute approximate surface area is 147 Å². The average Bonchev–Trinajstić information content (AvgIpc) is 3.02. The molecule has 3 rings (SSSR count). The van der Waals surface area contributed by atoms with Gasteiger partial charge in [0.15, 0.2) is 5.78 Å². The van der Waals surface area contributed by atoms with Crippen molar-refractivity contribution in [2.24, 2.45) is 5.92 Å². The molecule has 0 amide bonds. The zero-order valence-electron chi connectivity index (χ0n) is 14.4.